The Bertz CT molecular complexity index is 570. The normalized spacial score (nSPS) is 10.3. The summed E-state index contributed by atoms with van der Waals surface area (Å²) in [6.45, 7) is 1.94. The van der Waals surface area contributed by atoms with Crippen molar-refractivity contribution in [3.8, 4) is 0 Å². The van der Waals surface area contributed by atoms with Gasteiger partial charge in [0.1, 0.15) is 0 Å². The van der Waals surface area contributed by atoms with Gasteiger partial charge in [-0.1, -0.05) is 11.6 Å². The van der Waals surface area contributed by atoms with Gasteiger partial charge >= 0.3 is 0 Å². The SMILES string of the molecule is Cc1cnc(NC(=O)c2ccc(I)c(Cl)c2)s1. The van der Waals surface area contributed by atoms with Crippen LogP contribution in [0.25, 0.3) is 0 Å². The highest BCUT2D eigenvalue weighted by Gasteiger charge is 2.09. The van der Waals surface area contributed by atoms with E-state index >= 15 is 0 Å². The molecule has 0 aliphatic carbocycles. The average Bonchev–Trinajstić information content (AvgIpc) is 2.68. The number of amides is 1. The number of thiazole rings is 1. The lowest BCUT2D eigenvalue weighted by molar-refractivity contribution is 0.102. The Morgan fingerprint density at radius 2 is 2.29 bits per heavy atom. The maximum Gasteiger partial charge on any atom is 0.257 e. The molecule has 0 fully saturated rings. The van der Waals surface area contributed by atoms with E-state index in [9.17, 15) is 4.79 Å². The Labute approximate surface area is 121 Å². The van der Waals surface area contributed by atoms with Gasteiger partial charge in [0.05, 0.1) is 5.02 Å². The molecule has 0 atom stereocenters. The largest absolute Gasteiger partial charge is 0.298 e. The lowest BCUT2D eigenvalue weighted by Crippen LogP contribution is -2.11. The molecule has 1 heterocycles. The van der Waals surface area contributed by atoms with Gasteiger partial charge in [-0.05, 0) is 47.7 Å². The number of carbonyl (C=O) groups is 1. The molecule has 17 heavy (non-hydrogen) atoms. The third-order valence-electron chi connectivity index (χ3n) is 2.02. The number of aryl methyl sites for hydroxylation is 1. The third kappa shape index (κ3) is 3.17. The minimum absolute atomic E-state index is 0.197. The fraction of sp³-hybridized carbons (Fsp3) is 0.0909. The number of anilines is 1. The van der Waals surface area contributed by atoms with Crippen LogP contribution in [-0.4, -0.2) is 10.9 Å². The standard InChI is InChI=1S/C11H8ClIN2OS/c1-6-5-14-11(17-6)15-10(16)7-2-3-9(13)8(12)4-7/h2-5H,1H3,(H,14,15,16). The van der Waals surface area contributed by atoms with E-state index in [2.05, 4.69) is 32.9 Å². The van der Waals surface area contributed by atoms with Gasteiger partial charge in [-0.2, -0.15) is 0 Å². The molecule has 1 amide bonds. The molecule has 1 aromatic carbocycles. The molecule has 6 heteroatoms. The van der Waals surface area contributed by atoms with Crippen LogP contribution in [0.3, 0.4) is 0 Å². The Kier molecular flexibility index (Phi) is 4.01. The fourth-order valence-electron chi connectivity index (χ4n) is 1.22. The average molecular weight is 379 g/mol. The zero-order valence-corrected chi connectivity index (χ0v) is 12.6. The molecule has 1 aromatic heterocycles. The van der Waals surface area contributed by atoms with Crippen molar-refractivity contribution in [2.45, 2.75) is 6.92 Å². The summed E-state index contributed by atoms with van der Waals surface area (Å²) in [7, 11) is 0. The van der Waals surface area contributed by atoms with Crippen molar-refractivity contribution in [3.63, 3.8) is 0 Å². The predicted molar refractivity (Wildman–Crippen MR) is 79.0 cm³/mol. The first-order valence-corrected chi connectivity index (χ1v) is 7.02. The molecule has 3 nitrogen and oxygen atoms in total. The van der Waals surface area contributed by atoms with Crippen molar-refractivity contribution in [2.75, 3.05) is 5.32 Å². The molecule has 0 aliphatic heterocycles. The van der Waals surface area contributed by atoms with Gasteiger partial charge in [-0.3, -0.25) is 10.1 Å². The van der Waals surface area contributed by atoms with E-state index in [1.165, 1.54) is 11.3 Å². The Morgan fingerprint density at radius 1 is 1.53 bits per heavy atom. The molecule has 2 aromatic rings. The first-order chi connectivity index (χ1) is 8.06. The van der Waals surface area contributed by atoms with Crippen molar-refractivity contribution in [2.24, 2.45) is 0 Å². The van der Waals surface area contributed by atoms with E-state index in [0.29, 0.717) is 15.7 Å². The molecule has 0 bridgehead atoms. The lowest BCUT2D eigenvalue weighted by Gasteiger charge is -2.03. The molecule has 1 N–H and O–H groups in total. The third-order valence-corrected chi connectivity index (χ3v) is 4.42. The van der Waals surface area contributed by atoms with E-state index in [1.807, 2.05) is 13.0 Å². The number of halogens is 2. The second kappa shape index (κ2) is 5.32. The second-order valence-electron chi connectivity index (χ2n) is 3.36. The summed E-state index contributed by atoms with van der Waals surface area (Å²) in [5.74, 6) is -0.197. The smallest absolute Gasteiger partial charge is 0.257 e. The summed E-state index contributed by atoms with van der Waals surface area (Å²) in [4.78, 5) is 17.0. The van der Waals surface area contributed by atoms with Gasteiger partial charge in [0.15, 0.2) is 5.13 Å². The second-order valence-corrected chi connectivity index (χ2v) is 6.16. The highest BCUT2D eigenvalue weighted by molar-refractivity contribution is 14.1. The van der Waals surface area contributed by atoms with Crippen molar-refractivity contribution < 1.29 is 4.79 Å². The highest BCUT2D eigenvalue weighted by Crippen LogP contribution is 2.21. The number of benzene rings is 1. The molecule has 2 rings (SSSR count). The maximum atomic E-state index is 11.9. The molecule has 0 saturated heterocycles. The number of carbonyl (C=O) groups excluding carboxylic acids is 1. The van der Waals surface area contributed by atoms with Crippen LogP contribution in [0, 0.1) is 10.5 Å². The topological polar surface area (TPSA) is 42.0 Å². The van der Waals surface area contributed by atoms with Gasteiger partial charge in [0.2, 0.25) is 0 Å². The number of hydrogen-bond donors (Lipinski definition) is 1. The van der Waals surface area contributed by atoms with Gasteiger partial charge in [-0.25, -0.2) is 4.98 Å². The zero-order valence-electron chi connectivity index (χ0n) is 8.83. The van der Waals surface area contributed by atoms with Gasteiger partial charge in [0, 0.05) is 20.2 Å². The molecule has 0 aliphatic rings. The lowest BCUT2D eigenvalue weighted by atomic mass is 10.2. The summed E-state index contributed by atoms with van der Waals surface area (Å²) in [6, 6.07) is 5.20. The summed E-state index contributed by atoms with van der Waals surface area (Å²) in [5.41, 5.74) is 0.531. The van der Waals surface area contributed by atoms with Crippen LogP contribution < -0.4 is 5.32 Å². The monoisotopic (exact) mass is 378 g/mol. The fourth-order valence-corrected chi connectivity index (χ4v) is 2.39. The highest BCUT2D eigenvalue weighted by atomic mass is 127. The van der Waals surface area contributed by atoms with E-state index < -0.39 is 0 Å². The van der Waals surface area contributed by atoms with E-state index in [-0.39, 0.29) is 5.91 Å². The van der Waals surface area contributed by atoms with Crippen LogP contribution in [0.15, 0.2) is 24.4 Å². The van der Waals surface area contributed by atoms with Gasteiger partial charge in [0.25, 0.3) is 5.91 Å². The van der Waals surface area contributed by atoms with Gasteiger partial charge < -0.3 is 0 Å². The summed E-state index contributed by atoms with van der Waals surface area (Å²) < 4.78 is 0.922. The van der Waals surface area contributed by atoms with Crippen molar-refractivity contribution in [1.29, 1.82) is 0 Å². The zero-order chi connectivity index (χ0) is 12.4. The first-order valence-electron chi connectivity index (χ1n) is 4.75. The number of nitrogens with one attached hydrogen (secondary N) is 1. The summed E-state index contributed by atoms with van der Waals surface area (Å²) in [6.07, 6.45) is 1.72. The van der Waals surface area contributed by atoms with Crippen LogP contribution in [0.4, 0.5) is 5.13 Å². The van der Waals surface area contributed by atoms with Crippen molar-refractivity contribution in [3.05, 3.63) is 43.4 Å². The van der Waals surface area contributed by atoms with Gasteiger partial charge in [-0.15, -0.1) is 11.3 Å². The van der Waals surface area contributed by atoms with Crippen LogP contribution in [0.5, 0.6) is 0 Å². The van der Waals surface area contributed by atoms with Crippen molar-refractivity contribution in [1.82, 2.24) is 4.98 Å². The van der Waals surface area contributed by atoms with Crippen LogP contribution in [0.1, 0.15) is 15.2 Å². The van der Waals surface area contributed by atoms with Crippen LogP contribution in [0.2, 0.25) is 5.02 Å². The molecule has 0 radical (unpaired) electrons. The van der Waals surface area contributed by atoms with E-state index in [1.54, 1.807) is 18.3 Å². The minimum atomic E-state index is -0.197. The van der Waals surface area contributed by atoms with Crippen LogP contribution in [-0.2, 0) is 0 Å². The first kappa shape index (κ1) is 12.8. The predicted octanol–water partition coefficient (Wildman–Crippen LogP) is 3.96. The quantitative estimate of drug-likeness (QED) is 0.804. The van der Waals surface area contributed by atoms with E-state index in [0.717, 1.165) is 8.45 Å². The summed E-state index contributed by atoms with van der Waals surface area (Å²) >= 11 is 9.52. The Balaban J connectivity index is 2.17. The molecule has 0 saturated carbocycles. The maximum absolute atomic E-state index is 11.9. The number of aromatic nitrogens is 1. The number of nitrogens with zero attached hydrogens (tertiary/aromatic N) is 1. The van der Waals surface area contributed by atoms with E-state index in [4.69, 9.17) is 11.6 Å². The summed E-state index contributed by atoms with van der Waals surface area (Å²) in [5, 5.41) is 3.91. The molecule has 0 unspecified atom stereocenters. The van der Waals surface area contributed by atoms with Crippen LogP contribution >= 0.6 is 45.5 Å². The molecular formula is C11H8ClIN2OS. The van der Waals surface area contributed by atoms with Crippen molar-refractivity contribution >= 4 is 56.6 Å². The number of rotatable bonds is 2. The Morgan fingerprint density at radius 3 is 2.88 bits per heavy atom. The number of hydrogen-bond acceptors (Lipinski definition) is 3. The Hall–Kier alpha value is -0.660. The molecule has 88 valence electrons. The minimum Gasteiger partial charge on any atom is -0.298 e. The molecule has 0 spiro atoms. The molecular weight excluding hydrogens is 371 g/mol.